The van der Waals surface area contributed by atoms with Gasteiger partial charge in [0.2, 0.25) is 0 Å². The van der Waals surface area contributed by atoms with Gasteiger partial charge in [-0.25, -0.2) is 4.98 Å². The first-order valence-corrected chi connectivity index (χ1v) is 4.94. The van der Waals surface area contributed by atoms with Gasteiger partial charge in [0.05, 0.1) is 0 Å². The van der Waals surface area contributed by atoms with Crippen LogP contribution in [0.4, 0.5) is 0 Å². The largest absolute Gasteiger partial charge is 0.481 e. The number of aliphatic carboxylic acids is 1. The third-order valence-electron chi connectivity index (χ3n) is 2.28. The number of aryl methyl sites for hydroxylation is 1. The Bertz CT molecular complexity index is 307. The minimum atomic E-state index is -0.784. The summed E-state index contributed by atoms with van der Waals surface area (Å²) in [5.41, 5.74) is 0. The highest BCUT2D eigenvalue weighted by molar-refractivity contribution is 5.74. The minimum absolute atomic E-state index is 0.463. The van der Waals surface area contributed by atoms with Crippen LogP contribution < -0.4 is 0 Å². The predicted molar refractivity (Wildman–Crippen MR) is 53.2 cm³/mol. The SMILES string of the molecule is CCCC(C(=O)O)c1nccn1CC. The van der Waals surface area contributed by atoms with Crippen LogP contribution in [0.2, 0.25) is 0 Å². The number of hydrogen-bond donors (Lipinski definition) is 1. The van der Waals surface area contributed by atoms with E-state index in [0.717, 1.165) is 13.0 Å². The first-order chi connectivity index (χ1) is 6.70. The summed E-state index contributed by atoms with van der Waals surface area (Å²) in [4.78, 5) is 15.1. The number of nitrogens with zero attached hydrogens (tertiary/aromatic N) is 2. The Morgan fingerprint density at radius 2 is 2.36 bits per heavy atom. The second-order valence-corrected chi connectivity index (χ2v) is 3.25. The summed E-state index contributed by atoms with van der Waals surface area (Å²) < 4.78 is 1.88. The maximum absolute atomic E-state index is 11.0. The molecule has 0 radical (unpaired) electrons. The zero-order chi connectivity index (χ0) is 10.6. The fourth-order valence-electron chi connectivity index (χ4n) is 1.55. The smallest absolute Gasteiger partial charge is 0.314 e. The lowest BCUT2D eigenvalue weighted by atomic mass is 10.0. The Morgan fingerprint density at radius 1 is 1.64 bits per heavy atom. The van der Waals surface area contributed by atoms with Crippen LogP contribution in [-0.4, -0.2) is 20.6 Å². The molecule has 4 heteroatoms. The highest BCUT2D eigenvalue weighted by atomic mass is 16.4. The number of carbonyl (C=O) groups is 1. The number of aromatic nitrogens is 2. The van der Waals surface area contributed by atoms with E-state index in [0.29, 0.717) is 12.2 Å². The van der Waals surface area contributed by atoms with E-state index in [4.69, 9.17) is 5.11 Å². The van der Waals surface area contributed by atoms with E-state index in [1.807, 2.05) is 24.6 Å². The van der Waals surface area contributed by atoms with Gasteiger partial charge in [0, 0.05) is 18.9 Å². The summed E-state index contributed by atoms with van der Waals surface area (Å²) in [5, 5.41) is 9.04. The van der Waals surface area contributed by atoms with Gasteiger partial charge in [-0.1, -0.05) is 13.3 Å². The van der Waals surface area contributed by atoms with E-state index in [-0.39, 0.29) is 0 Å². The number of carboxylic acids is 1. The zero-order valence-electron chi connectivity index (χ0n) is 8.60. The lowest BCUT2D eigenvalue weighted by molar-refractivity contribution is -0.139. The van der Waals surface area contributed by atoms with Crippen molar-refractivity contribution in [3.05, 3.63) is 18.2 Å². The maximum atomic E-state index is 11.0. The number of carboxylic acid groups (broad SMARTS) is 1. The van der Waals surface area contributed by atoms with Gasteiger partial charge in [0.1, 0.15) is 11.7 Å². The first kappa shape index (κ1) is 10.8. The van der Waals surface area contributed by atoms with E-state index in [9.17, 15) is 4.79 Å². The second kappa shape index (κ2) is 4.79. The third kappa shape index (κ3) is 2.13. The van der Waals surface area contributed by atoms with Gasteiger partial charge in [0.15, 0.2) is 0 Å². The van der Waals surface area contributed by atoms with Crippen molar-refractivity contribution in [3.8, 4) is 0 Å². The molecular weight excluding hydrogens is 180 g/mol. The maximum Gasteiger partial charge on any atom is 0.314 e. The predicted octanol–water partition coefficient (Wildman–Crippen LogP) is 1.87. The highest BCUT2D eigenvalue weighted by Crippen LogP contribution is 2.19. The molecule has 0 bridgehead atoms. The molecule has 0 saturated heterocycles. The van der Waals surface area contributed by atoms with Gasteiger partial charge in [0.25, 0.3) is 0 Å². The quantitative estimate of drug-likeness (QED) is 0.782. The molecule has 1 N–H and O–H groups in total. The average Bonchev–Trinajstić information content (AvgIpc) is 2.61. The molecule has 1 atom stereocenters. The molecular formula is C10H16N2O2. The fourth-order valence-corrected chi connectivity index (χ4v) is 1.55. The third-order valence-corrected chi connectivity index (χ3v) is 2.28. The minimum Gasteiger partial charge on any atom is -0.481 e. The van der Waals surface area contributed by atoms with Crippen molar-refractivity contribution in [1.82, 2.24) is 9.55 Å². The molecule has 0 amide bonds. The second-order valence-electron chi connectivity index (χ2n) is 3.25. The van der Waals surface area contributed by atoms with Crippen LogP contribution in [0.25, 0.3) is 0 Å². The molecule has 0 saturated carbocycles. The Hall–Kier alpha value is -1.32. The lowest BCUT2D eigenvalue weighted by Gasteiger charge is -2.12. The molecule has 1 unspecified atom stereocenters. The number of imidazole rings is 1. The molecule has 1 heterocycles. The van der Waals surface area contributed by atoms with Gasteiger partial charge < -0.3 is 9.67 Å². The summed E-state index contributed by atoms with van der Waals surface area (Å²) in [7, 11) is 0. The first-order valence-electron chi connectivity index (χ1n) is 4.94. The van der Waals surface area contributed by atoms with E-state index in [2.05, 4.69) is 4.98 Å². The van der Waals surface area contributed by atoms with Crippen molar-refractivity contribution < 1.29 is 9.90 Å². The molecule has 0 aliphatic rings. The lowest BCUT2D eigenvalue weighted by Crippen LogP contribution is -2.16. The van der Waals surface area contributed by atoms with Crippen LogP contribution in [0.1, 0.15) is 38.4 Å². The van der Waals surface area contributed by atoms with Crippen molar-refractivity contribution >= 4 is 5.97 Å². The van der Waals surface area contributed by atoms with Gasteiger partial charge in [-0.2, -0.15) is 0 Å². The number of hydrogen-bond acceptors (Lipinski definition) is 2. The topological polar surface area (TPSA) is 55.1 Å². The monoisotopic (exact) mass is 196 g/mol. The van der Waals surface area contributed by atoms with Crippen LogP contribution >= 0.6 is 0 Å². The van der Waals surface area contributed by atoms with Crippen LogP contribution in [0.3, 0.4) is 0 Å². The summed E-state index contributed by atoms with van der Waals surface area (Å²) in [6.07, 6.45) is 4.98. The molecule has 0 spiro atoms. The molecule has 0 aromatic carbocycles. The average molecular weight is 196 g/mol. The van der Waals surface area contributed by atoms with Crippen LogP contribution in [0.15, 0.2) is 12.4 Å². The molecule has 1 rings (SSSR count). The van der Waals surface area contributed by atoms with Gasteiger partial charge in [-0.15, -0.1) is 0 Å². The van der Waals surface area contributed by atoms with E-state index in [1.165, 1.54) is 0 Å². The van der Waals surface area contributed by atoms with Crippen LogP contribution in [0.5, 0.6) is 0 Å². The van der Waals surface area contributed by atoms with E-state index < -0.39 is 11.9 Å². The Labute approximate surface area is 83.6 Å². The van der Waals surface area contributed by atoms with E-state index >= 15 is 0 Å². The summed E-state index contributed by atoms with van der Waals surface area (Å²) in [5.74, 6) is -0.579. The Kier molecular flexibility index (Phi) is 3.68. The summed E-state index contributed by atoms with van der Waals surface area (Å²) in [6, 6.07) is 0. The summed E-state index contributed by atoms with van der Waals surface area (Å²) in [6.45, 7) is 4.73. The van der Waals surface area contributed by atoms with Crippen molar-refractivity contribution in [2.75, 3.05) is 0 Å². The molecule has 0 fully saturated rings. The van der Waals surface area contributed by atoms with Gasteiger partial charge >= 0.3 is 5.97 Å². The highest BCUT2D eigenvalue weighted by Gasteiger charge is 2.22. The fraction of sp³-hybridized carbons (Fsp3) is 0.600. The Balaban J connectivity index is 2.92. The molecule has 1 aromatic rings. The van der Waals surface area contributed by atoms with Crippen molar-refractivity contribution in [2.24, 2.45) is 0 Å². The van der Waals surface area contributed by atoms with Crippen molar-refractivity contribution in [1.29, 1.82) is 0 Å². The number of rotatable bonds is 5. The molecule has 0 aliphatic heterocycles. The molecule has 0 aliphatic carbocycles. The van der Waals surface area contributed by atoms with E-state index in [1.54, 1.807) is 6.20 Å². The zero-order valence-corrected chi connectivity index (χ0v) is 8.60. The standard InChI is InChI=1S/C10H16N2O2/c1-3-5-8(10(13)14)9-11-6-7-12(9)4-2/h6-8H,3-5H2,1-2H3,(H,13,14). The van der Waals surface area contributed by atoms with Gasteiger partial charge in [-0.3, -0.25) is 4.79 Å². The van der Waals surface area contributed by atoms with Gasteiger partial charge in [-0.05, 0) is 13.3 Å². The summed E-state index contributed by atoms with van der Waals surface area (Å²) >= 11 is 0. The van der Waals surface area contributed by atoms with Crippen LogP contribution in [0, 0.1) is 0 Å². The molecule has 1 aromatic heterocycles. The normalized spacial score (nSPS) is 12.7. The van der Waals surface area contributed by atoms with Crippen LogP contribution in [-0.2, 0) is 11.3 Å². The van der Waals surface area contributed by atoms with Crippen molar-refractivity contribution in [2.45, 2.75) is 39.2 Å². The Morgan fingerprint density at radius 3 is 2.86 bits per heavy atom. The van der Waals surface area contributed by atoms with Crippen molar-refractivity contribution in [3.63, 3.8) is 0 Å². The molecule has 78 valence electrons. The molecule has 14 heavy (non-hydrogen) atoms. The molecule has 4 nitrogen and oxygen atoms in total.